The number of rotatable bonds is 6. The van der Waals surface area contributed by atoms with Gasteiger partial charge in [-0.15, -0.1) is 0 Å². The fraction of sp³-hybridized carbons (Fsp3) is 0.429. The molecule has 0 saturated carbocycles. The van der Waals surface area contributed by atoms with Crippen LogP contribution >= 0.6 is 0 Å². The highest BCUT2D eigenvalue weighted by molar-refractivity contribution is 5.94. The Morgan fingerprint density at radius 1 is 1.00 bits per heavy atom. The Bertz CT molecular complexity index is 756. The summed E-state index contributed by atoms with van der Waals surface area (Å²) in [6.07, 6.45) is 3.28. The van der Waals surface area contributed by atoms with Crippen molar-refractivity contribution in [2.75, 3.05) is 38.0 Å². The predicted octanol–water partition coefficient (Wildman–Crippen LogP) is 2.80. The van der Waals surface area contributed by atoms with E-state index in [0.29, 0.717) is 38.5 Å². The quantitative estimate of drug-likeness (QED) is 0.850. The Labute approximate surface area is 160 Å². The number of carbonyl (C=O) groups excluding carboxylic acids is 2. The van der Waals surface area contributed by atoms with Crippen LogP contribution in [0.25, 0.3) is 0 Å². The summed E-state index contributed by atoms with van der Waals surface area (Å²) >= 11 is 0. The van der Waals surface area contributed by atoms with Crippen molar-refractivity contribution in [3.63, 3.8) is 0 Å². The van der Waals surface area contributed by atoms with Crippen molar-refractivity contribution in [3.05, 3.63) is 53.5 Å². The van der Waals surface area contributed by atoms with E-state index >= 15 is 0 Å². The number of hydrogen-bond donors (Lipinski definition) is 1. The summed E-state index contributed by atoms with van der Waals surface area (Å²) in [6, 6.07) is 9.56. The van der Waals surface area contributed by atoms with Gasteiger partial charge in [0.25, 0.3) is 5.91 Å². The standard InChI is InChI=1S/C21H27N3O3/c1-3-16-7-5-8-17(4-2)20(16)22-19(25)15-23-10-12-24(13-11-23)21(26)18-9-6-14-27-18/h5-9,14H,3-4,10-13,15H2,1-2H3,(H,22,25). The van der Waals surface area contributed by atoms with Gasteiger partial charge in [-0.2, -0.15) is 0 Å². The Kier molecular flexibility index (Phi) is 6.29. The van der Waals surface area contributed by atoms with Gasteiger partial charge >= 0.3 is 0 Å². The average molecular weight is 369 g/mol. The SMILES string of the molecule is CCc1cccc(CC)c1NC(=O)CN1CCN(C(=O)c2ccco2)CC1. The molecule has 1 fully saturated rings. The van der Waals surface area contributed by atoms with Gasteiger partial charge in [0.15, 0.2) is 5.76 Å². The summed E-state index contributed by atoms with van der Waals surface area (Å²) in [5.41, 5.74) is 3.28. The van der Waals surface area contributed by atoms with Crippen molar-refractivity contribution in [3.8, 4) is 0 Å². The zero-order chi connectivity index (χ0) is 19.2. The van der Waals surface area contributed by atoms with E-state index in [1.54, 1.807) is 17.0 Å². The van der Waals surface area contributed by atoms with Crippen LogP contribution in [0.4, 0.5) is 5.69 Å². The number of nitrogens with zero attached hydrogens (tertiary/aromatic N) is 2. The number of benzene rings is 1. The molecule has 1 aromatic carbocycles. The van der Waals surface area contributed by atoms with Gasteiger partial charge in [-0.1, -0.05) is 32.0 Å². The molecule has 0 spiro atoms. The first kappa shape index (κ1) is 19.2. The molecule has 6 nitrogen and oxygen atoms in total. The average Bonchev–Trinajstić information content (AvgIpc) is 3.23. The van der Waals surface area contributed by atoms with E-state index in [-0.39, 0.29) is 11.8 Å². The van der Waals surface area contributed by atoms with Gasteiger partial charge in [0, 0.05) is 31.9 Å². The van der Waals surface area contributed by atoms with Crippen LogP contribution in [0.2, 0.25) is 0 Å². The number of piperazine rings is 1. The smallest absolute Gasteiger partial charge is 0.289 e. The molecule has 3 rings (SSSR count). The van der Waals surface area contributed by atoms with Crippen molar-refractivity contribution in [2.45, 2.75) is 26.7 Å². The van der Waals surface area contributed by atoms with Crippen molar-refractivity contribution < 1.29 is 14.0 Å². The number of anilines is 1. The second-order valence-electron chi connectivity index (χ2n) is 6.75. The van der Waals surface area contributed by atoms with Gasteiger partial charge in [0.1, 0.15) is 0 Å². The highest BCUT2D eigenvalue weighted by atomic mass is 16.3. The summed E-state index contributed by atoms with van der Waals surface area (Å²) in [4.78, 5) is 28.7. The maximum absolute atomic E-state index is 12.6. The Morgan fingerprint density at radius 3 is 2.22 bits per heavy atom. The largest absolute Gasteiger partial charge is 0.459 e. The number of carbonyl (C=O) groups is 2. The van der Waals surface area contributed by atoms with Gasteiger partial charge in [0.05, 0.1) is 12.8 Å². The number of furan rings is 1. The van der Waals surface area contributed by atoms with E-state index in [4.69, 9.17) is 4.42 Å². The fourth-order valence-corrected chi connectivity index (χ4v) is 3.45. The van der Waals surface area contributed by atoms with E-state index < -0.39 is 0 Å². The third-order valence-corrected chi connectivity index (χ3v) is 5.02. The lowest BCUT2D eigenvalue weighted by Crippen LogP contribution is -2.50. The first-order valence-corrected chi connectivity index (χ1v) is 9.58. The van der Waals surface area contributed by atoms with Crippen molar-refractivity contribution >= 4 is 17.5 Å². The molecule has 0 radical (unpaired) electrons. The Morgan fingerprint density at radius 2 is 1.67 bits per heavy atom. The maximum atomic E-state index is 12.6. The lowest BCUT2D eigenvalue weighted by Gasteiger charge is -2.33. The second-order valence-corrected chi connectivity index (χ2v) is 6.75. The van der Waals surface area contributed by atoms with Crippen LogP contribution in [0.15, 0.2) is 41.0 Å². The molecule has 0 unspecified atom stereocenters. The van der Waals surface area contributed by atoms with Gasteiger partial charge in [-0.05, 0) is 36.1 Å². The van der Waals surface area contributed by atoms with E-state index in [0.717, 1.165) is 29.7 Å². The fourth-order valence-electron chi connectivity index (χ4n) is 3.45. The van der Waals surface area contributed by atoms with Crippen LogP contribution in [-0.2, 0) is 17.6 Å². The molecule has 144 valence electrons. The third-order valence-electron chi connectivity index (χ3n) is 5.02. The minimum Gasteiger partial charge on any atom is -0.459 e. The lowest BCUT2D eigenvalue weighted by molar-refractivity contribution is -0.117. The molecule has 2 heterocycles. The highest BCUT2D eigenvalue weighted by Crippen LogP contribution is 2.22. The van der Waals surface area contributed by atoms with E-state index in [9.17, 15) is 9.59 Å². The summed E-state index contributed by atoms with van der Waals surface area (Å²) in [6.45, 7) is 7.08. The van der Waals surface area contributed by atoms with Crippen LogP contribution in [0, 0.1) is 0 Å². The molecule has 1 aliphatic rings. The molecule has 2 aromatic rings. The number of amides is 2. The first-order chi connectivity index (χ1) is 13.1. The minimum atomic E-state index is -0.0893. The first-order valence-electron chi connectivity index (χ1n) is 9.58. The van der Waals surface area contributed by atoms with Gasteiger partial charge in [0.2, 0.25) is 5.91 Å². The van der Waals surface area contributed by atoms with Gasteiger partial charge < -0.3 is 14.6 Å². The number of para-hydroxylation sites is 1. The maximum Gasteiger partial charge on any atom is 0.289 e. The summed E-state index contributed by atoms with van der Waals surface area (Å²) in [7, 11) is 0. The molecular formula is C21H27N3O3. The summed E-state index contributed by atoms with van der Waals surface area (Å²) in [5, 5.41) is 3.11. The van der Waals surface area contributed by atoms with Gasteiger partial charge in [-0.25, -0.2) is 0 Å². The zero-order valence-corrected chi connectivity index (χ0v) is 16.0. The molecule has 6 heteroatoms. The number of aryl methyl sites for hydroxylation is 2. The van der Waals surface area contributed by atoms with E-state index in [1.807, 2.05) is 6.07 Å². The minimum absolute atomic E-state index is 0.00332. The normalized spacial score (nSPS) is 15.0. The topological polar surface area (TPSA) is 65.8 Å². The third kappa shape index (κ3) is 4.57. The van der Waals surface area contributed by atoms with Crippen LogP contribution in [0.5, 0.6) is 0 Å². The van der Waals surface area contributed by atoms with Gasteiger partial charge in [-0.3, -0.25) is 14.5 Å². The van der Waals surface area contributed by atoms with Crippen LogP contribution in [0.1, 0.15) is 35.5 Å². The molecule has 27 heavy (non-hydrogen) atoms. The second kappa shape index (κ2) is 8.86. The molecule has 0 atom stereocenters. The van der Waals surface area contributed by atoms with E-state index in [1.165, 1.54) is 6.26 Å². The predicted molar refractivity (Wildman–Crippen MR) is 105 cm³/mol. The molecule has 1 N–H and O–H groups in total. The number of hydrogen-bond acceptors (Lipinski definition) is 4. The highest BCUT2D eigenvalue weighted by Gasteiger charge is 2.24. The van der Waals surface area contributed by atoms with Crippen molar-refractivity contribution in [2.24, 2.45) is 0 Å². The van der Waals surface area contributed by atoms with Crippen molar-refractivity contribution in [1.29, 1.82) is 0 Å². The van der Waals surface area contributed by atoms with Crippen molar-refractivity contribution in [1.82, 2.24) is 9.80 Å². The lowest BCUT2D eigenvalue weighted by atomic mass is 10.0. The molecule has 0 bridgehead atoms. The monoisotopic (exact) mass is 369 g/mol. The summed E-state index contributed by atoms with van der Waals surface area (Å²) < 4.78 is 5.18. The zero-order valence-electron chi connectivity index (χ0n) is 16.0. The molecule has 1 saturated heterocycles. The molecule has 1 aliphatic heterocycles. The van der Waals surface area contributed by atoms with Crippen LogP contribution < -0.4 is 5.32 Å². The van der Waals surface area contributed by atoms with E-state index in [2.05, 4.69) is 36.2 Å². The number of nitrogens with one attached hydrogen (secondary N) is 1. The molecule has 0 aliphatic carbocycles. The summed E-state index contributed by atoms with van der Waals surface area (Å²) in [5.74, 6) is 0.273. The Balaban J connectivity index is 1.54. The molecule has 1 aromatic heterocycles. The van der Waals surface area contributed by atoms with Crippen LogP contribution in [0.3, 0.4) is 0 Å². The molecular weight excluding hydrogens is 342 g/mol. The molecule has 2 amide bonds. The Hall–Kier alpha value is -2.60. The van der Waals surface area contributed by atoms with Crippen LogP contribution in [-0.4, -0.2) is 54.3 Å².